The molecule has 0 aromatic rings. The van der Waals surface area contributed by atoms with Crippen LogP contribution in [0.4, 0.5) is 0 Å². The van der Waals surface area contributed by atoms with Crippen LogP contribution < -0.4 is 5.73 Å². The Morgan fingerprint density at radius 2 is 1.87 bits per heavy atom. The zero-order valence-electron chi connectivity index (χ0n) is 11.1. The number of hydrogen-bond donors (Lipinski definition) is 1. The molecule has 2 atom stereocenters. The van der Waals surface area contributed by atoms with Crippen molar-refractivity contribution in [2.24, 2.45) is 17.1 Å². The van der Waals surface area contributed by atoms with Crippen LogP contribution >= 0.6 is 0 Å². The van der Waals surface area contributed by atoms with E-state index in [1.807, 2.05) is 0 Å². The highest BCUT2D eigenvalue weighted by Crippen LogP contribution is 2.33. The normalized spacial score (nSPS) is 28.0. The van der Waals surface area contributed by atoms with Gasteiger partial charge in [0, 0.05) is 18.6 Å². The lowest BCUT2D eigenvalue weighted by atomic mass is 9.80. The predicted octanol–water partition coefficient (Wildman–Crippen LogP) is 2.48. The van der Waals surface area contributed by atoms with Crippen LogP contribution in [0.15, 0.2) is 0 Å². The molecule has 1 aliphatic heterocycles. The Morgan fingerprint density at radius 1 is 1.27 bits per heavy atom. The van der Waals surface area contributed by atoms with Gasteiger partial charge in [0.05, 0.1) is 0 Å². The summed E-state index contributed by atoms with van der Waals surface area (Å²) in [6, 6.07) is 0. The summed E-state index contributed by atoms with van der Waals surface area (Å²) in [6.45, 7) is 14.9. The third-order valence-electron chi connectivity index (χ3n) is 3.89. The summed E-state index contributed by atoms with van der Waals surface area (Å²) < 4.78 is 0. The molecule has 2 nitrogen and oxygen atoms in total. The summed E-state index contributed by atoms with van der Waals surface area (Å²) in [5.74, 6) is 0.838. The number of hydrogen-bond acceptors (Lipinski definition) is 2. The van der Waals surface area contributed by atoms with Gasteiger partial charge in [-0.1, -0.05) is 27.7 Å². The van der Waals surface area contributed by atoms with Gasteiger partial charge in [0.15, 0.2) is 0 Å². The molecule has 15 heavy (non-hydrogen) atoms. The third kappa shape index (κ3) is 3.76. The Morgan fingerprint density at radius 3 is 2.27 bits per heavy atom. The molecule has 0 aromatic heterocycles. The molecule has 1 heterocycles. The first-order chi connectivity index (χ1) is 6.74. The number of rotatable bonds is 3. The van der Waals surface area contributed by atoms with Gasteiger partial charge in [-0.3, -0.25) is 0 Å². The van der Waals surface area contributed by atoms with Crippen molar-refractivity contribution in [2.45, 2.75) is 53.0 Å². The van der Waals surface area contributed by atoms with Crippen LogP contribution in [-0.2, 0) is 0 Å². The van der Waals surface area contributed by atoms with Crippen LogP contribution in [-0.4, -0.2) is 30.1 Å². The molecule has 2 unspecified atom stereocenters. The van der Waals surface area contributed by atoms with Crippen molar-refractivity contribution in [3.63, 3.8) is 0 Å². The van der Waals surface area contributed by atoms with Gasteiger partial charge in [-0.2, -0.15) is 0 Å². The molecule has 90 valence electrons. The molecule has 0 saturated carbocycles. The minimum Gasteiger partial charge on any atom is -0.324 e. The molecular weight excluding hydrogens is 184 g/mol. The second-order valence-corrected chi connectivity index (χ2v) is 6.59. The third-order valence-corrected chi connectivity index (χ3v) is 3.89. The van der Waals surface area contributed by atoms with Crippen molar-refractivity contribution < 1.29 is 0 Å². The van der Waals surface area contributed by atoms with Crippen LogP contribution in [0.1, 0.15) is 47.5 Å². The summed E-state index contributed by atoms with van der Waals surface area (Å²) in [5.41, 5.74) is 6.65. The Hall–Kier alpha value is -0.0800. The lowest BCUT2D eigenvalue weighted by molar-refractivity contribution is 0.205. The van der Waals surface area contributed by atoms with E-state index in [-0.39, 0.29) is 5.54 Å². The quantitative estimate of drug-likeness (QED) is 0.779. The van der Waals surface area contributed by atoms with E-state index in [0.717, 1.165) is 18.9 Å². The molecule has 1 saturated heterocycles. The minimum absolute atomic E-state index is 0.00717. The summed E-state index contributed by atoms with van der Waals surface area (Å²) >= 11 is 0. The van der Waals surface area contributed by atoms with E-state index < -0.39 is 0 Å². The van der Waals surface area contributed by atoms with Crippen LogP contribution in [0.25, 0.3) is 0 Å². The van der Waals surface area contributed by atoms with Gasteiger partial charge < -0.3 is 10.6 Å². The van der Waals surface area contributed by atoms with Gasteiger partial charge in [0.1, 0.15) is 0 Å². The SMILES string of the molecule is CCC(C)(N)CN1CCC(C(C)(C)C)C1. The summed E-state index contributed by atoms with van der Waals surface area (Å²) in [4.78, 5) is 2.54. The van der Waals surface area contributed by atoms with Gasteiger partial charge in [0.25, 0.3) is 0 Å². The van der Waals surface area contributed by atoms with E-state index in [0.29, 0.717) is 5.41 Å². The summed E-state index contributed by atoms with van der Waals surface area (Å²) in [6.07, 6.45) is 2.40. The molecule has 0 bridgehead atoms. The monoisotopic (exact) mass is 212 g/mol. The first-order valence-electron chi connectivity index (χ1n) is 6.26. The van der Waals surface area contributed by atoms with Crippen molar-refractivity contribution in [3.8, 4) is 0 Å². The van der Waals surface area contributed by atoms with Crippen molar-refractivity contribution in [1.82, 2.24) is 4.90 Å². The van der Waals surface area contributed by atoms with E-state index in [9.17, 15) is 0 Å². The van der Waals surface area contributed by atoms with E-state index in [2.05, 4.69) is 39.5 Å². The highest BCUT2D eigenvalue weighted by atomic mass is 15.2. The van der Waals surface area contributed by atoms with Crippen LogP contribution in [0.5, 0.6) is 0 Å². The number of likely N-dealkylation sites (tertiary alicyclic amines) is 1. The molecule has 1 rings (SSSR count). The second kappa shape index (κ2) is 4.42. The van der Waals surface area contributed by atoms with E-state index >= 15 is 0 Å². The van der Waals surface area contributed by atoms with Crippen molar-refractivity contribution in [1.29, 1.82) is 0 Å². The van der Waals surface area contributed by atoms with Crippen LogP contribution in [0.3, 0.4) is 0 Å². The molecule has 1 fully saturated rings. The lowest BCUT2D eigenvalue weighted by Gasteiger charge is -2.31. The summed E-state index contributed by atoms with van der Waals surface area (Å²) in [5, 5.41) is 0. The van der Waals surface area contributed by atoms with E-state index in [4.69, 9.17) is 5.73 Å². The van der Waals surface area contributed by atoms with Gasteiger partial charge in [-0.25, -0.2) is 0 Å². The molecule has 0 radical (unpaired) electrons. The van der Waals surface area contributed by atoms with Crippen molar-refractivity contribution in [2.75, 3.05) is 19.6 Å². The Balaban J connectivity index is 2.44. The maximum Gasteiger partial charge on any atom is 0.0252 e. The second-order valence-electron chi connectivity index (χ2n) is 6.59. The molecule has 0 aliphatic carbocycles. The zero-order valence-corrected chi connectivity index (χ0v) is 11.1. The van der Waals surface area contributed by atoms with E-state index in [1.54, 1.807) is 0 Å². The molecule has 1 aliphatic rings. The smallest absolute Gasteiger partial charge is 0.0252 e. The maximum atomic E-state index is 6.21. The fraction of sp³-hybridized carbons (Fsp3) is 1.00. The molecular formula is C13H28N2. The van der Waals surface area contributed by atoms with Gasteiger partial charge in [0.2, 0.25) is 0 Å². The fourth-order valence-electron chi connectivity index (χ4n) is 2.31. The minimum atomic E-state index is -0.00717. The summed E-state index contributed by atoms with van der Waals surface area (Å²) in [7, 11) is 0. The van der Waals surface area contributed by atoms with Gasteiger partial charge >= 0.3 is 0 Å². The fourth-order valence-corrected chi connectivity index (χ4v) is 2.31. The maximum absolute atomic E-state index is 6.21. The van der Waals surface area contributed by atoms with E-state index in [1.165, 1.54) is 19.5 Å². The molecule has 2 heteroatoms. The highest BCUT2D eigenvalue weighted by molar-refractivity contribution is 4.88. The highest BCUT2D eigenvalue weighted by Gasteiger charge is 2.33. The van der Waals surface area contributed by atoms with Crippen LogP contribution in [0, 0.1) is 11.3 Å². The first-order valence-corrected chi connectivity index (χ1v) is 6.26. The van der Waals surface area contributed by atoms with Gasteiger partial charge in [-0.15, -0.1) is 0 Å². The largest absolute Gasteiger partial charge is 0.324 e. The average Bonchev–Trinajstić information content (AvgIpc) is 2.51. The molecule has 0 spiro atoms. The standard InChI is InChI=1S/C13H28N2/c1-6-13(5,14)10-15-8-7-11(9-15)12(2,3)4/h11H,6-10,14H2,1-5H3. The topological polar surface area (TPSA) is 29.3 Å². The Labute approximate surface area is 95.2 Å². The molecule has 2 N–H and O–H groups in total. The number of nitrogens with two attached hydrogens (primary N) is 1. The average molecular weight is 212 g/mol. The zero-order chi connectivity index (χ0) is 11.7. The molecule has 0 amide bonds. The predicted molar refractivity (Wildman–Crippen MR) is 66.9 cm³/mol. The lowest BCUT2D eigenvalue weighted by Crippen LogP contribution is -2.46. The van der Waals surface area contributed by atoms with Gasteiger partial charge in [-0.05, 0) is 37.6 Å². The number of nitrogens with zero attached hydrogens (tertiary/aromatic N) is 1. The first kappa shape index (κ1) is 13.0. The Bertz CT molecular complexity index is 203. The Kier molecular flexibility index (Phi) is 3.83. The van der Waals surface area contributed by atoms with Crippen molar-refractivity contribution in [3.05, 3.63) is 0 Å². The molecule has 0 aromatic carbocycles. The van der Waals surface area contributed by atoms with Crippen LogP contribution in [0.2, 0.25) is 0 Å². The van der Waals surface area contributed by atoms with Crippen molar-refractivity contribution >= 4 is 0 Å².